The second-order valence-corrected chi connectivity index (χ2v) is 8.47. The Balaban J connectivity index is 1.40. The number of phenols is 4. The minimum absolute atomic E-state index is 0.0227. The van der Waals surface area contributed by atoms with Crippen molar-refractivity contribution in [3.05, 3.63) is 47.5 Å². The standard InChI is InChI=1S/C26H36N2O6/c29-21-11-7-19(17-23(21)31)9-13-25(33)27-15-5-3-1-2-4-6-16-28-26(34)14-10-20-8-12-22(30)24(32)18-20/h7-8,11-12,17-18,29-32H,1-6,9-10,13-16H2,(H,27,33)(H,28,34). The second kappa shape index (κ2) is 14.7. The van der Waals surface area contributed by atoms with Gasteiger partial charge in [0.1, 0.15) is 0 Å². The lowest BCUT2D eigenvalue weighted by atomic mass is 10.1. The average molecular weight is 473 g/mol. The van der Waals surface area contributed by atoms with Crippen LogP contribution < -0.4 is 10.6 Å². The SMILES string of the molecule is O=C(CCc1ccc(O)c(O)c1)NCCCCCCCCNC(=O)CCc1ccc(O)c(O)c1. The third-order valence-electron chi connectivity index (χ3n) is 5.61. The van der Waals surface area contributed by atoms with Crippen molar-refractivity contribution in [3.63, 3.8) is 0 Å². The zero-order valence-corrected chi connectivity index (χ0v) is 19.6. The summed E-state index contributed by atoms with van der Waals surface area (Å²) < 4.78 is 0. The lowest BCUT2D eigenvalue weighted by Gasteiger charge is -2.07. The van der Waals surface area contributed by atoms with Crippen LogP contribution in [0.15, 0.2) is 36.4 Å². The van der Waals surface area contributed by atoms with Crippen LogP contribution in [0.5, 0.6) is 23.0 Å². The van der Waals surface area contributed by atoms with Crippen molar-refractivity contribution in [2.24, 2.45) is 0 Å². The number of nitrogens with one attached hydrogen (secondary N) is 2. The number of amides is 2. The normalized spacial score (nSPS) is 10.7. The Bertz CT molecular complexity index is 856. The van der Waals surface area contributed by atoms with Gasteiger partial charge in [0.2, 0.25) is 11.8 Å². The van der Waals surface area contributed by atoms with E-state index in [0.29, 0.717) is 38.8 Å². The number of rotatable bonds is 15. The summed E-state index contributed by atoms with van der Waals surface area (Å²) in [6.07, 6.45) is 7.80. The molecule has 0 spiro atoms. The van der Waals surface area contributed by atoms with Crippen LogP contribution in [0.3, 0.4) is 0 Å². The molecule has 0 radical (unpaired) electrons. The van der Waals surface area contributed by atoms with Crippen LogP contribution in [0.1, 0.15) is 62.5 Å². The van der Waals surface area contributed by atoms with Crippen molar-refractivity contribution in [2.45, 2.75) is 64.2 Å². The zero-order chi connectivity index (χ0) is 24.8. The summed E-state index contributed by atoms with van der Waals surface area (Å²) >= 11 is 0. The van der Waals surface area contributed by atoms with Gasteiger partial charge >= 0.3 is 0 Å². The van der Waals surface area contributed by atoms with Gasteiger partial charge < -0.3 is 31.1 Å². The highest BCUT2D eigenvalue weighted by Crippen LogP contribution is 2.26. The second-order valence-electron chi connectivity index (χ2n) is 8.47. The molecular weight excluding hydrogens is 436 g/mol. The van der Waals surface area contributed by atoms with Crippen molar-refractivity contribution >= 4 is 11.8 Å². The van der Waals surface area contributed by atoms with Gasteiger partial charge in [-0.05, 0) is 61.1 Å². The van der Waals surface area contributed by atoms with Gasteiger partial charge in [-0.2, -0.15) is 0 Å². The number of unbranched alkanes of at least 4 members (excludes halogenated alkanes) is 5. The number of carbonyl (C=O) groups excluding carboxylic acids is 2. The van der Waals surface area contributed by atoms with Gasteiger partial charge in [0, 0.05) is 25.9 Å². The minimum atomic E-state index is -0.173. The number of hydrogen-bond acceptors (Lipinski definition) is 6. The Morgan fingerprint density at radius 3 is 1.32 bits per heavy atom. The number of aryl methyl sites for hydroxylation is 2. The number of aromatic hydroxyl groups is 4. The van der Waals surface area contributed by atoms with E-state index < -0.39 is 0 Å². The van der Waals surface area contributed by atoms with Crippen LogP contribution in [-0.4, -0.2) is 45.3 Å². The van der Waals surface area contributed by atoms with E-state index >= 15 is 0 Å². The van der Waals surface area contributed by atoms with Crippen LogP contribution in [0.25, 0.3) is 0 Å². The summed E-state index contributed by atoms with van der Waals surface area (Å²) in [6.45, 7) is 1.29. The maximum absolute atomic E-state index is 11.9. The summed E-state index contributed by atoms with van der Waals surface area (Å²) in [4.78, 5) is 23.8. The molecule has 0 saturated heterocycles. The predicted molar refractivity (Wildman–Crippen MR) is 130 cm³/mol. The Morgan fingerprint density at radius 1 is 0.559 bits per heavy atom. The van der Waals surface area contributed by atoms with Crippen molar-refractivity contribution in [2.75, 3.05) is 13.1 Å². The highest BCUT2D eigenvalue weighted by molar-refractivity contribution is 5.76. The van der Waals surface area contributed by atoms with Crippen molar-refractivity contribution in [1.29, 1.82) is 0 Å². The molecule has 2 amide bonds. The smallest absolute Gasteiger partial charge is 0.220 e. The van der Waals surface area contributed by atoms with E-state index in [-0.39, 0.29) is 34.8 Å². The predicted octanol–water partition coefficient (Wildman–Crippen LogP) is 3.65. The molecule has 0 aliphatic carbocycles. The average Bonchev–Trinajstić information content (AvgIpc) is 2.81. The number of phenolic OH excluding ortho intramolecular Hbond substituents is 4. The third-order valence-corrected chi connectivity index (χ3v) is 5.61. The highest BCUT2D eigenvalue weighted by Gasteiger charge is 2.06. The van der Waals surface area contributed by atoms with Crippen LogP contribution in [0, 0.1) is 0 Å². The molecule has 0 atom stereocenters. The minimum Gasteiger partial charge on any atom is -0.504 e. The van der Waals surface area contributed by atoms with Gasteiger partial charge in [0.25, 0.3) is 0 Å². The van der Waals surface area contributed by atoms with E-state index in [9.17, 15) is 30.0 Å². The topological polar surface area (TPSA) is 139 Å². The van der Waals surface area contributed by atoms with Crippen molar-refractivity contribution in [1.82, 2.24) is 10.6 Å². The summed E-state index contributed by atoms with van der Waals surface area (Å²) in [5.41, 5.74) is 1.61. The van der Waals surface area contributed by atoms with Crippen LogP contribution in [-0.2, 0) is 22.4 Å². The Kier molecular flexibility index (Phi) is 11.6. The first kappa shape index (κ1) is 26.8. The fourth-order valence-electron chi connectivity index (χ4n) is 3.55. The summed E-state index contributed by atoms with van der Waals surface area (Å²) in [7, 11) is 0. The molecule has 2 aromatic rings. The zero-order valence-electron chi connectivity index (χ0n) is 19.6. The quantitative estimate of drug-likeness (QED) is 0.173. The molecule has 0 aromatic heterocycles. The number of carbonyl (C=O) groups is 2. The first-order valence-electron chi connectivity index (χ1n) is 11.9. The van der Waals surface area contributed by atoms with Gasteiger partial charge in [0.05, 0.1) is 0 Å². The Morgan fingerprint density at radius 2 is 0.941 bits per heavy atom. The molecule has 34 heavy (non-hydrogen) atoms. The molecule has 0 saturated carbocycles. The van der Waals surface area contributed by atoms with E-state index in [0.717, 1.165) is 49.7 Å². The van der Waals surface area contributed by atoms with Gasteiger partial charge in [-0.1, -0.05) is 37.8 Å². The lowest BCUT2D eigenvalue weighted by molar-refractivity contribution is -0.121. The molecule has 8 nitrogen and oxygen atoms in total. The highest BCUT2D eigenvalue weighted by atomic mass is 16.3. The summed E-state index contributed by atoms with van der Waals surface area (Å²) in [5, 5.41) is 43.4. The summed E-state index contributed by atoms with van der Waals surface area (Å²) in [5.74, 6) is -0.721. The molecule has 0 heterocycles. The van der Waals surface area contributed by atoms with Crippen molar-refractivity contribution in [3.8, 4) is 23.0 Å². The van der Waals surface area contributed by atoms with E-state index in [1.54, 1.807) is 12.1 Å². The monoisotopic (exact) mass is 472 g/mol. The maximum Gasteiger partial charge on any atom is 0.220 e. The number of hydrogen-bond donors (Lipinski definition) is 6. The Labute approximate surface area is 200 Å². The van der Waals surface area contributed by atoms with E-state index in [1.807, 2.05) is 0 Å². The molecule has 0 aliphatic rings. The molecule has 8 heteroatoms. The van der Waals surface area contributed by atoms with Crippen LogP contribution >= 0.6 is 0 Å². The largest absolute Gasteiger partial charge is 0.504 e. The van der Waals surface area contributed by atoms with Crippen LogP contribution in [0.2, 0.25) is 0 Å². The van der Waals surface area contributed by atoms with Gasteiger partial charge in [-0.3, -0.25) is 9.59 Å². The molecule has 0 bridgehead atoms. The third kappa shape index (κ3) is 10.5. The molecule has 2 aromatic carbocycles. The molecule has 186 valence electrons. The molecule has 6 N–H and O–H groups in total. The summed E-state index contributed by atoms with van der Waals surface area (Å²) in [6, 6.07) is 9.17. The molecule has 0 aliphatic heterocycles. The first-order chi connectivity index (χ1) is 16.3. The fourth-order valence-corrected chi connectivity index (χ4v) is 3.55. The van der Waals surface area contributed by atoms with Gasteiger partial charge in [-0.15, -0.1) is 0 Å². The van der Waals surface area contributed by atoms with Gasteiger partial charge in [-0.25, -0.2) is 0 Å². The number of benzene rings is 2. The van der Waals surface area contributed by atoms with E-state index in [4.69, 9.17) is 0 Å². The van der Waals surface area contributed by atoms with E-state index in [1.165, 1.54) is 24.3 Å². The molecular formula is C26H36N2O6. The first-order valence-corrected chi connectivity index (χ1v) is 11.9. The van der Waals surface area contributed by atoms with E-state index in [2.05, 4.69) is 10.6 Å². The molecule has 0 fully saturated rings. The van der Waals surface area contributed by atoms with Crippen LogP contribution in [0.4, 0.5) is 0 Å². The lowest BCUT2D eigenvalue weighted by Crippen LogP contribution is -2.24. The van der Waals surface area contributed by atoms with Crippen molar-refractivity contribution < 1.29 is 30.0 Å². The maximum atomic E-state index is 11.9. The fraction of sp³-hybridized carbons (Fsp3) is 0.462. The molecule has 0 unspecified atom stereocenters. The Hall–Kier alpha value is -3.42. The molecule has 2 rings (SSSR count). The van der Waals surface area contributed by atoms with Gasteiger partial charge in [0.15, 0.2) is 23.0 Å².